The van der Waals surface area contributed by atoms with Crippen LogP contribution >= 0.6 is 0 Å². The second-order valence-electron chi connectivity index (χ2n) is 12.3. The Kier molecular flexibility index (Phi) is 8.25. The topological polar surface area (TPSA) is 67.2 Å². The van der Waals surface area contributed by atoms with Gasteiger partial charge in [-0.1, -0.05) is 80.3 Å². The van der Waals surface area contributed by atoms with Crippen LogP contribution in [-0.4, -0.2) is 27.4 Å². The van der Waals surface area contributed by atoms with Crippen LogP contribution in [0.2, 0.25) is 0 Å². The summed E-state index contributed by atoms with van der Waals surface area (Å²) in [6, 6.07) is 20.3. The Morgan fingerprint density at radius 2 is 1.63 bits per heavy atom. The Bertz CT molecular complexity index is 1450. The molecule has 2 unspecified atom stereocenters. The van der Waals surface area contributed by atoms with Crippen LogP contribution in [0.5, 0.6) is 0 Å². The van der Waals surface area contributed by atoms with Crippen molar-refractivity contribution >= 4 is 5.91 Å². The van der Waals surface area contributed by atoms with Crippen LogP contribution in [0.15, 0.2) is 60.7 Å². The smallest absolute Gasteiger partial charge is 0.228 e. The summed E-state index contributed by atoms with van der Waals surface area (Å²) in [7, 11) is 0. The number of nitrogens with zero attached hydrogens (tertiary/aromatic N) is 2. The van der Waals surface area contributed by atoms with Gasteiger partial charge in [-0.2, -0.15) is 5.10 Å². The number of aryl methyl sites for hydroxylation is 1. The number of nitrogens with one attached hydrogen (secondary N) is 1. The molecule has 41 heavy (non-hydrogen) atoms. The lowest BCUT2D eigenvalue weighted by atomic mass is 9.80. The highest BCUT2D eigenvalue weighted by Gasteiger charge is 2.32. The lowest BCUT2D eigenvalue weighted by molar-refractivity contribution is -0.125. The second-order valence-corrected chi connectivity index (χ2v) is 12.3. The van der Waals surface area contributed by atoms with Crippen LogP contribution in [-0.2, 0) is 24.2 Å². The Balaban J connectivity index is 1.27. The predicted octanol–water partition coefficient (Wildman–Crippen LogP) is 7.05. The van der Waals surface area contributed by atoms with E-state index in [0.29, 0.717) is 5.92 Å². The van der Waals surface area contributed by atoms with Gasteiger partial charge in [-0.05, 0) is 91.3 Å². The van der Waals surface area contributed by atoms with E-state index in [1.807, 2.05) is 30.3 Å². The molecule has 2 aromatic rings. The standard InChI is InChI=1S/C36H43N3O2/c1-24-21-32-25(2)30-15-10-16-31(30)35(32)39(38-24)22-26-17-19-29(20-18-26)34(28-13-6-3-4-7-14-28)36(41)37-33(23-40)27-11-8-5-9-12-27/h5,8-9,11-12,17-21,28,33-34,40H,3-4,6-7,10,13-16,22-23H2,1-2H3,(H,37,41). The molecule has 0 radical (unpaired) electrons. The van der Waals surface area contributed by atoms with Crippen molar-refractivity contribution in [2.75, 3.05) is 6.61 Å². The van der Waals surface area contributed by atoms with Gasteiger partial charge in [0.15, 0.2) is 0 Å². The van der Waals surface area contributed by atoms with Gasteiger partial charge >= 0.3 is 0 Å². The summed E-state index contributed by atoms with van der Waals surface area (Å²) in [5.41, 5.74) is 11.3. The van der Waals surface area contributed by atoms with Crippen molar-refractivity contribution in [3.05, 3.63) is 99.7 Å². The molecule has 1 aliphatic heterocycles. The van der Waals surface area contributed by atoms with Crippen LogP contribution in [0, 0.1) is 19.8 Å². The normalized spacial score (nSPS) is 17.2. The molecule has 1 fully saturated rings. The van der Waals surface area contributed by atoms with Crippen molar-refractivity contribution in [1.82, 2.24) is 15.1 Å². The third-order valence-electron chi connectivity index (χ3n) is 9.53. The van der Waals surface area contributed by atoms with Crippen molar-refractivity contribution in [1.29, 1.82) is 0 Å². The van der Waals surface area contributed by atoms with Crippen LogP contribution in [0.4, 0.5) is 0 Å². The predicted molar refractivity (Wildman–Crippen MR) is 164 cm³/mol. The number of rotatable bonds is 8. The zero-order chi connectivity index (χ0) is 28.3. The largest absolute Gasteiger partial charge is 0.394 e. The summed E-state index contributed by atoms with van der Waals surface area (Å²) >= 11 is 0. The van der Waals surface area contributed by atoms with E-state index in [0.717, 1.165) is 42.6 Å². The summed E-state index contributed by atoms with van der Waals surface area (Å²) in [6.45, 7) is 4.95. The highest BCUT2D eigenvalue weighted by molar-refractivity contribution is 5.84. The van der Waals surface area contributed by atoms with Crippen molar-refractivity contribution in [2.45, 2.75) is 90.1 Å². The van der Waals surface area contributed by atoms with Crippen molar-refractivity contribution < 1.29 is 9.90 Å². The molecule has 0 aromatic heterocycles. The van der Waals surface area contributed by atoms with Gasteiger partial charge in [0.25, 0.3) is 0 Å². The number of aliphatic hydroxyl groups excluding tert-OH is 1. The molecule has 0 saturated heterocycles. The fourth-order valence-corrected chi connectivity index (χ4v) is 7.45. The number of aromatic nitrogens is 2. The van der Waals surface area contributed by atoms with Gasteiger partial charge in [0.05, 0.1) is 36.5 Å². The van der Waals surface area contributed by atoms with Crippen molar-refractivity contribution in [3.63, 3.8) is 0 Å². The molecule has 2 aromatic carbocycles. The fourth-order valence-electron chi connectivity index (χ4n) is 7.45. The van der Waals surface area contributed by atoms with Gasteiger partial charge in [-0.15, -0.1) is 0 Å². The number of hydrogen-bond acceptors (Lipinski definition) is 3. The molecule has 5 nitrogen and oxygen atoms in total. The third-order valence-corrected chi connectivity index (χ3v) is 9.53. The molecule has 1 heterocycles. The molecule has 4 aliphatic rings. The molecule has 6 rings (SSSR count). The van der Waals surface area contributed by atoms with E-state index in [-0.39, 0.29) is 18.4 Å². The van der Waals surface area contributed by atoms with Gasteiger partial charge in [-0.3, -0.25) is 9.48 Å². The minimum atomic E-state index is -0.405. The molecule has 214 valence electrons. The molecule has 2 atom stereocenters. The van der Waals surface area contributed by atoms with E-state index in [2.05, 4.69) is 54.2 Å². The first-order chi connectivity index (χ1) is 20.0. The molecule has 3 aliphatic carbocycles. The lowest BCUT2D eigenvalue weighted by Gasteiger charge is -2.28. The molecule has 1 saturated carbocycles. The highest BCUT2D eigenvalue weighted by Crippen LogP contribution is 2.42. The van der Waals surface area contributed by atoms with E-state index >= 15 is 0 Å². The van der Waals surface area contributed by atoms with E-state index < -0.39 is 6.04 Å². The van der Waals surface area contributed by atoms with Crippen LogP contribution in [0.1, 0.15) is 96.0 Å². The van der Waals surface area contributed by atoms with E-state index in [9.17, 15) is 9.90 Å². The van der Waals surface area contributed by atoms with Gasteiger partial charge in [0.2, 0.25) is 5.91 Å². The monoisotopic (exact) mass is 549 g/mol. The number of benzene rings is 2. The Labute approximate surface area is 244 Å². The zero-order valence-electron chi connectivity index (χ0n) is 24.5. The maximum Gasteiger partial charge on any atom is 0.228 e. The number of fused-ring (bicyclic) bond motifs is 3. The molecular weight excluding hydrogens is 506 g/mol. The van der Waals surface area contributed by atoms with Crippen LogP contribution in [0.3, 0.4) is 0 Å². The third kappa shape index (κ3) is 5.70. The summed E-state index contributed by atoms with van der Waals surface area (Å²) in [4.78, 5) is 13.9. The minimum Gasteiger partial charge on any atom is -0.394 e. The van der Waals surface area contributed by atoms with Crippen molar-refractivity contribution in [3.8, 4) is 11.3 Å². The quantitative estimate of drug-likeness (QED) is 0.232. The summed E-state index contributed by atoms with van der Waals surface area (Å²) in [6.07, 6.45) is 10.5. The van der Waals surface area contributed by atoms with Gasteiger partial charge in [-0.25, -0.2) is 0 Å². The molecule has 5 heteroatoms. The minimum absolute atomic E-state index is 0.0202. The maximum atomic E-state index is 13.9. The van der Waals surface area contributed by atoms with Crippen molar-refractivity contribution in [2.24, 2.45) is 5.92 Å². The highest BCUT2D eigenvalue weighted by atomic mass is 16.3. The Hall–Kier alpha value is -3.44. The zero-order valence-corrected chi connectivity index (χ0v) is 24.5. The number of carbonyl (C=O) groups excluding carboxylic acids is 1. The second kappa shape index (κ2) is 12.2. The van der Waals surface area contributed by atoms with E-state index in [4.69, 9.17) is 5.10 Å². The maximum absolute atomic E-state index is 13.9. The SMILES string of the molecule is Cc1cc2c(C)c3c(c-2n(Cc2ccc(C(C(=O)NC(CO)c4ccccc4)C4CCCCCC4)cc2)n1)CCC3. The summed E-state index contributed by atoms with van der Waals surface area (Å²) in [5, 5.41) is 18.3. The molecule has 1 amide bonds. The van der Waals surface area contributed by atoms with Gasteiger partial charge in [0, 0.05) is 5.56 Å². The Morgan fingerprint density at radius 1 is 0.927 bits per heavy atom. The van der Waals surface area contributed by atoms with Crippen LogP contribution in [0.25, 0.3) is 11.3 Å². The number of carbonyl (C=O) groups is 1. The average Bonchev–Trinajstić information content (AvgIpc) is 3.45. The first-order valence-corrected chi connectivity index (χ1v) is 15.6. The number of amides is 1. The van der Waals surface area contributed by atoms with E-state index in [1.54, 1.807) is 0 Å². The molecule has 0 bridgehead atoms. The summed E-state index contributed by atoms with van der Waals surface area (Å²) in [5.74, 6) is 0.102. The number of aliphatic hydroxyl groups is 1. The summed E-state index contributed by atoms with van der Waals surface area (Å²) < 4.78 is 2.21. The van der Waals surface area contributed by atoms with E-state index in [1.165, 1.54) is 72.0 Å². The fraction of sp³-hybridized carbons (Fsp3) is 0.444. The lowest BCUT2D eigenvalue weighted by Crippen LogP contribution is -2.37. The molecule has 0 spiro atoms. The molecule has 2 N–H and O–H groups in total. The Morgan fingerprint density at radius 3 is 2.34 bits per heavy atom. The molecular formula is C36H43N3O2. The first-order valence-electron chi connectivity index (χ1n) is 15.6. The van der Waals surface area contributed by atoms with Crippen LogP contribution < -0.4 is 5.32 Å². The number of hydrogen-bond donors (Lipinski definition) is 2. The van der Waals surface area contributed by atoms with Gasteiger partial charge in [0.1, 0.15) is 0 Å². The first kappa shape index (κ1) is 27.7. The average molecular weight is 550 g/mol. The van der Waals surface area contributed by atoms with Gasteiger partial charge < -0.3 is 10.4 Å².